The van der Waals surface area contributed by atoms with E-state index in [0.29, 0.717) is 0 Å². The predicted octanol–water partition coefficient (Wildman–Crippen LogP) is 2.32. The second-order valence-corrected chi connectivity index (χ2v) is 3.04. The highest BCUT2D eigenvalue weighted by Crippen LogP contribution is 1.84. The van der Waals surface area contributed by atoms with Crippen molar-refractivity contribution in [3.63, 3.8) is 0 Å². The van der Waals surface area contributed by atoms with Crippen LogP contribution in [-0.2, 0) is 4.79 Å². The lowest BCUT2D eigenvalue weighted by molar-refractivity contribution is -0.112. The molecule has 0 aromatic rings. The smallest absolute Gasteiger partial charge is 0.152 e. The molecule has 0 fully saturated rings. The molecule has 0 N–H and O–H groups in total. The van der Waals surface area contributed by atoms with Gasteiger partial charge in [-0.05, 0) is 25.3 Å². The van der Waals surface area contributed by atoms with E-state index in [-0.39, 0.29) is 5.78 Å². The standard InChI is InChI=1S/C12H17NO/c1-12(14)10-8-6-4-5-7-9-11-13(2)3/h4-11H,1-3H3/b6-4+,7-5+,10-8-,11-9+. The molecule has 2 nitrogen and oxygen atoms in total. The zero-order valence-electron chi connectivity index (χ0n) is 8.97. The van der Waals surface area contributed by atoms with E-state index in [0.717, 1.165) is 0 Å². The van der Waals surface area contributed by atoms with Crippen LogP contribution >= 0.6 is 0 Å². The van der Waals surface area contributed by atoms with E-state index in [9.17, 15) is 4.79 Å². The number of rotatable bonds is 5. The molecule has 0 aliphatic heterocycles. The van der Waals surface area contributed by atoms with E-state index in [2.05, 4.69) is 0 Å². The highest BCUT2D eigenvalue weighted by molar-refractivity contribution is 5.87. The quantitative estimate of drug-likeness (QED) is 0.491. The number of nitrogens with zero attached hydrogens (tertiary/aromatic N) is 1. The molecule has 0 unspecified atom stereocenters. The topological polar surface area (TPSA) is 20.3 Å². The number of hydrogen-bond acceptors (Lipinski definition) is 2. The highest BCUT2D eigenvalue weighted by Gasteiger charge is 1.75. The minimum atomic E-state index is 0.0612. The van der Waals surface area contributed by atoms with Gasteiger partial charge in [0.1, 0.15) is 0 Å². The fourth-order valence-corrected chi connectivity index (χ4v) is 0.669. The Morgan fingerprint density at radius 3 is 1.93 bits per heavy atom. The maximum Gasteiger partial charge on any atom is 0.152 e. The van der Waals surface area contributed by atoms with E-state index in [4.69, 9.17) is 0 Å². The van der Waals surface area contributed by atoms with Gasteiger partial charge in [-0.2, -0.15) is 0 Å². The molecule has 0 bridgehead atoms. The number of carbonyl (C=O) groups excluding carboxylic acids is 1. The van der Waals surface area contributed by atoms with Crippen molar-refractivity contribution in [2.75, 3.05) is 14.1 Å². The van der Waals surface area contributed by atoms with Gasteiger partial charge in [-0.15, -0.1) is 0 Å². The molecule has 0 spiro atoms. The molecule has 0 saturated carbocycles. The molecular formula is C12H17NO. The first kappa shape index (κ1) is 12.4. The summed E-state index contributed by atoms with van der Waals surface area (Å²) in [6.45, 7) is 1.53. The van der Waals surface area contributed by atoms with Crippen molar-refractivity contribution in [1.29, 1.82) is 0 Å². The number of carbonyl (C=O) groups is 1. The summed E-state index contributed by atoms with van der Waals surface area (Å²) >= 11 is 0. The summed E-state index contributed by atoms with van der Waals surface area (Å²) in [6.07, 6.45) is 14.7. The van der Waals surface area contributed by atoms with E-state index in [1.807, 2.05) is 55.6 Å². The van der Waals surface area contributed by atoms with Gasteiger partial charge in [0.25, 0.3) is 0 Å². The maximum atomic E-state index is 10.5. The van der Waals surface area contributed by atoms with Crippen LogP contribution in [0.15, 0.2) is 48.7 Å². The van der Waals surface area contributed by atoms with Gasteiger partial charge in [0.2, 0.25) is 0 Å². The minimum absolute atomic E-state index is 0.0612. The average Bonchev–Trinajstić information content (AvgIpc) is 2.08. The summed E-state index contributed by atoms with van der Waals surface area (Å²) in [4.78, 5) is 12.5. The van der Waals surface area contributed by atoms with Gasteiger partial charge in [-0.25, -0.2) is 0 Å². The molecule has 76 valence electrons. The van der Waals surface area contributed by atoms with Gasteiger partial charge in [-0.3, -0.25) is 4.79 Å². The summed E-state index contributed by atoms with van der Waals surface area (Å²) in [5.41, 5.74) is 0. The maximum absolute atomic E-state index is 10.5. The lowest BCUT2D eigenvalue weighted by Crippen LogP contribution is -1.99. The predicted molar refractivity (Wildman–Crippen MR) is 60.9 cm³/mol. The molecular weight excluding hydrogens is 174 g/mol. The lowest BCUT2D eigenvalue weighted by atomic mass is 10.3. The SMILES string of the molecule is CC(=O)\C=C/C=C/C=C/C=C/N(C)C. The molecule has 0 aliphatic rings. The summed E-state index contributed by atoms with van der Waals surface area (Å²) in [6, 6.07) is 0. The van der Waals surface area contributed by atoms with Crippen LogP contribution in [0, 0.1) is 0 Å². The van der Waals surface area contributed by atoms with Crippen LogP contribution in [0.2, 0.25) is 0 Å². The molecule has 2 heteroatoms. The highest BCUT2D eigenvalue weighted by atomic mass is 16.1. The lowest BCUT2D eigenvalue weighted by Gasteiger charge is -2.00. The Bertz CT molecular complexity index is 270. The Kier molecular flexibility index (Phi) is 7.15. The van der Waals surface area contributed by atoms with Crippen LogP contribution in [0.5, 0.6) is 0 Å². The first-order chi connectivity index (χ1) is 6.63. The Balaban J connectivity index is 3.77. The van der Waals surface area contributed by atoms with E-state index in [1.54, 1.807) is 6.08 Å². The molecule has 0 heterocycles. The molecule has 14 heavy (non-hydrogen) atoms. The first-order valence-electron chi connectivity index (χ1n) is 4.48. The van der Waals surface area contributed by atoms with Crippen LogP contribution in [0.1, 0.15) is 6.92 Å². The molecule has 0 atom stereocenters. The zero-order chi connectivity index (χ0) is 10.8. The summed E-state index contributed by atoms with van der Waals surface area (Å²) in [7, 11) is 3.94. The van der Waals surface area contributed by atoms with Crippen LogP contribution in [-0.4, -0.2) is 24.8 Å². The average molecular weight is 191 g/mol. The normalized spacial score (nSPS) is 12.5. The third-order valence-electron chi connectivity index (χ3n) is 1.27. The van der Waals surface area contributed by atoms with Crippen LogP contribution in [0.3, 0.4) is 0 Å². The molecule has 0 saturated heterocycles. The van der Waals surface area contributed by atoms with Crippen molar-refractivity contribution in [1.82, 2.24) is 4.90 Å². The van der Waals surface area contributed by atoms with Gasteiger partial charge >= 0.3 is 0 Å². The largest absolute Gasteiger partial charge is 0.383 e. The van der Waals surface area contributed by atoms with Crippen molar-refractivity contribution < 1.29 is 4.79 Å². The summed E-state index contributed by atoms with van der Waals surface area (Å²) in [5.74, 6) is 0.0612. The Morgan fingerprint density at radius 1 is 0.929 bits per heavy atom. The van der Waals surface area contributed by atoms with Gasteiger partial charge in [0.15, 0.2) is 5.78 Å². The molecule has 0 aliphatic carbocycles. The molecule has 0 aromatic heterocycles. The zero-order valence-corrected chi connectivity index (χ0v) is 8.97. The Labute approximate surface area is 85.9 Å². The summed E-state index contributed by atoms with van der Waals surface area (Å²) in [5, 5.41) is 0. The van der Waals surface area contributed by atoms with E-state index in [1.165, 1.54) is 13.0 Å². The minimum Gasteiger partial charge on any atom is -0.383 e. The van der Waals surface area contributed by atoms with Gasteiger partial charge in [0.05, 0.1) is 0 Å². The molecule has 0 amide bonds. The van der Waals surface area contributed by atoms with Crippen LogP contribution in [0.4, 0.5) is 0 Å². The van der Waals surface area contributed by atoms with Crippen molar-refractivity contribution in [2.45, 2.75) is 6.92 Å². The molecule has 0 radical (unpaired) electrons. The monoisotopic (exact) mass is 191 g/mol. The fourth-order valence-electron chi connectivity index (χ4n) is 0.669. The second kappa shape index (κ2) is 8.05. The van der Waals surface area contributed by atoms with Crippen LogP contribution in [0.25, 0.3) is 0 Å². The van der Waals surface area contributed by atoms with Gasteiger partial charge < -0.3 is 4.90 Å². The number of ketones is 1. The third-order valence-corrected chi connectivity index (χ3v) is 1.27. The fraction of sp³-hybridized carbons (Fsp3) is 0.250. The van der Waals surface area contributed by atoms with Crippen LogP contribution < -0.4 is 0 Å². The Hall–Kier alpha value is -1.57. The van der Waals surface area contributed by atoms with Crippen molar-refractivity contribution in [3.8, 4) is 0 Å². The van der Waals surface area contributed by atoms with Gasteiger partial charge in [-0.1, -0.05) is 30.4 Å². The summed E-state index contributed by atoms with van der Waals surface area (Å²) < 4.78 is 0. The van der Waals surface area contributed by atoms with Crippen molar-refractivity contribution in [3.05, 3.63) is 48.7 Å². The van der Waals surface area contributed by atoms with E-state index < -0.39 is 0 Å². The van der Waals surface area contributed by atoms with Crippen molar-refractivity contribution >= 4 is 5.78 Å². The molecule has 0 aromatic carbocycles. The first-order valence-corrected chi connectivity index (χ1v) is 4.48. The Morgan fingerprint density at radius 2 is 1.43 bits per heavy atom. The van der Waals surface area contributed by atoms with Gasteiger partial charge in [0, 0.05) is 14.1 Å². The van der Waals surface area contributed by atoms with E-state index >= 15 is 0 Å². The third kappa shape index (κ3) is 10.4. The molecule has 0 rings (SSSR count). The number of allylic oxidation sites excluding steroid dienone is 7. The number of hydrogen-bond donors (Lipinski definition) is 0. The van der Waals surface area contributed by atoms with Crippen molar-refractivity contribution in [2.24, 2.45) is 0 Å². The second-order valence-electron chi connectivity index (χ2n) is 3.04.